The van der Waals surface area contributed by atoms with E-state index in [1.807, 2.05) is 18.2 Å². The van der Waals surface area contributed by atoms with Gasteiger partial charge in [0, 0.05) is 36.4 Å². The van der Waals surface area contributed by atoms with Gasteiger partial charge in [-0.2, -0.15) is 0 Å². The van der Waals surface area contributed by atoms with Crippen molar-refractivity contribution in [2.45, 2.75) is 25.5 Å². The van der Waals surface area contributed by atoms with Gasteiger partial charge in [0.1, 0.15) is 6.10 Å². The van der Waals surface area contributed by atoms with Gasteiger partial charge >= 0.3 is 0 Å². The standard InChI is InChI=1S/C18H27ClN4O2/c1-2-20-18(21-11-17-13-24-8-9-25-17)22-15-6-7-23(12-15)16-5-3-4-14(19)10-16/h3-5,10,15,17H,2,6-9,11-13H2,1H3,(H2,20,21,22). The molecule has 6 nitrogen and oxygen atoms in total. The van der Waals surface area contributed by atoms with Gasteiger partial charge in [-0.1, -0.05) is 17.7 Å². The Bertz CT molecular complexity index is 578. The predicted molar refractivity (Wildman–Crippen MR) is 102 cm³/mol. The van der Waals surface area contributed by atoms with Crippen molar-refractivity contribution >= 4 is 23.2 Å². The third-order valence-corrected chi connectivity index (χ3v) is 4.62. The van der Waals surface area contributed by atoms with Crippen molar-refractivity contribution in [2.24, 2.45) is 4.99 Å². The Hall–Kier alpha value is -1.50. The molecule has 0 saturated carbocycles. The second-order valence-electron chi connectivity index (χ2n) is 6.34. The summed E-state index contributed by atoms with van der Waals surface area (Å²) in [5.74, 6) is 0.842. The zero-order valence-corrected chi connectivity index (χ0v) is 15.5. The molecule has 138 valence electrons. The molecule has 0 bridgehead atoms. The molecule has 2 atom stereocenters. The Balaban J connectivity index is 1.53. The summed E-state index contributed by atoms with van der Waals surface area (Å²) in [6.45, 7) is 7.42. The number of guanidine groups is 1. The molecule has 1 aromatic carbocycles. The van der Waals surface area contributed by atoms with E-state index in [1.165, 1.54) is 5.69 Å². The molecule has 25 heavy (non-hydrogen) atoms. The Morgan fingerprint density at radius 2 is 2.32 bits per heavy atom. The van der Waals surface area contributed by atoms with Crippen LogP contribution in [0.3, 0.4) is 0 Å². The molecule has 2 unspecified atom stereocenters. The fourth-order valence-electron chi connectivity index (χ4n) is 3.13. The van der Waals surface area contributed by atoms with Crippen LogP contribution in [0.15, 0.2) is 29.3 Å². The Morgan fingerprint density at radius 1 is 1.40 bits per heavy atom. The summed E-state index contributed by atoms with van der Waals surface area (Å²) in [5.41, 5.74) is 1.17. The van der Waals surface area contributed by atoms with Gasteiger partial charge in [-0.05, 0) is 31.5 Å². The van der Waals surface area contributed by atoms with E-state index in [4.69, 9.17) is 21.1 Å². The van der Waals surface area contributed by atoms with Crippen molar-refractivity contribution in [3.05, 3.63) is 29.3 Å². The number of halogens is 1. The summed E-state index contributed by atoms with van der Waals surface area (Å²) in [5, 5.41) is 7.63. The highest BCUT2D eigenvalue weighted by atomic mass is 35.5. The van der Waals surface area contributed by atoms with E-state index < -0.39 is 0 Å². The van der Waals surface area contributed by atoms with E-state index in [0.29, 0.717) is 32.4 Å². The summed E-state index contributed by atoms with van der Waals surface area (Å²) >= 11 is 6.11. The van der Waals surface area contributed by atoms with Crippen molar-refractivity contribution in [1.29, 1.82) is 0 Å². The molecule has 1 aromatic rings. The lowest BCUT2D eigenvalue weighted by atomic mass is 10.2. The fourth-order valence-corrected chi connectivity index (χ4v) is 3.32. The van der Waals surface area contributed by atoms with Crippen LogP contribution in [-0.4, -0.2) is 64.1 Å². The first kappa shape index (κ1) is 18.3. The van der Waals surface area contributed by atoms with Crippen LogP contribution in [0.1, 0.15) is 13.3 Å². The highest BCUT2D eigenvalue weighted by Gasteiger charge is 2.24. The number of nitrogens with zero attached hydrogens (tertiary/aromatic N) is 2. The molecule has 2 N–H and O–H groups in total. The Morgan fingerprint density at radius 3 is 3.08 bits per heavy atom. The second kappa shape index (κ2) is 9.27. The van der Waals surface area contributed by atoms with E-state index in [1.54, 1.807) is 0 Å². The number of benzene rings is 1. The molecule has 0 amide bonds. The van der Waals surface area contributed by atoms with Crippen LogP contribution in [-0.2, 0) is 9.47 Å². The van der Waals surface area contributed by atoms with E-state index in [-0.39, 0.29) is 6.10 Å². The van der Waals surface area contributed by atoms with Gasteiger partial charge in [0.25, 0.3) is 0 Å². The first-order valence-corrected chi connectivity index (χ1v) is 9.37. The minimum Gasteiger partial charge on any atom is -0.376 e. The zero-order chi connectivity index (χ0) is 17.5. The van der Waals surface area contributed by atoms with Crippen molar-refractivity contribution in [2.75, 3.05) is 50.9 Å². The number of nitrogens with one attached hydrogen (secondary N) is 2. The molecule has 2 aliphatic rings. The van der Waals surface area contributed by atoms with Gasteiger partial charge < -0.3 is 25.0 Å². The second-order valence-corrected chi connectivity index (χ2v) is 6.78. The summed E-state index contributed by atoms with van der Waals surface area (Å²) in [4.78, 5) is 7.01. The highest BCUT2D eigenvalue weighted by Crippen LogP contribution is 2.23. The highest BCUT2D eigenvalue weighted by molar-refractivity contribution is 6.30. The quantitative estimate of drug-likeness (QED) is 0.615. The monoisotopic (exact) mass is 366 g/mol. The Kier molecular flexibility index (Phi) is 6.78. The van der Waals surface area contributed by atoms with Crippen molar-refractivity contribution in [1.82, 2.24) is 10.6 Å². The molecule has 0 aromatic heterocycles. The maximum absolute atomic E-state index is 6.11. The lowest BCUT2D eigenvalue weighted by molar-refractivity contribution is -0.0832. The molecule has 2 heterocycles. The topological polar surface area (TPSA) is 58.1 Å². The number of rotatable bonds is 5. The van der Waals surface area contributed by atoms with Gasteiger partial charge in [-0.15, -0.1) is 0 Å². The van der Waals surface area contributed by atoms with E-state index >= 15 is 0 Å². The molecule has 0 radical (unpaired) electrons. The summed E-state index contributed by atoms with van der Waals surface area (Å²) in [7, 11) is 0. The van der Waals surface area contributed by atoms with E-state index in [0.717, 1.165) is 37.0 Å². The summed E-state index contributed by atoms with van der Waals surface area (Å²) in [6, 6.07) is 8.39. The molecule has 3 rings (SSSR count). The molecule has 0 aliphatic carbocycles. The fraction of sp³-hybridized carbons (Fsp3) is 0.611. The lowest BCUT2D eigenvalue weighted by Gasteiger charge is -2.23. The van der Waals surface area contributed by atoms with Crippen molar-refractivity contribution < 1.29 is 9.47 Å². The number of anilines is 1. The molecule has 0 spiro atoms. The van der Waals surface area contributed by atoms with E-state index in [2.05, 4.69) is 33.5 Å². The van der Waals surface area contributed by atoms with Crippen LogP contribution in [0.2, 0.25) is 5.02 Å². The van der Waals surface area contributed by atoms with Crippen molar-refractivity contribution in [3.8, 4) is 0 Å². The first-order chi connectivity index (χ1) is 12.2. The number of hydrogen-bond donors (Lipinski definition) is 2. The largest absolute Gasteiger partial charge is 0.376 e. The minimum atomic E-state index is 0.0516. The molecule has 7 heteroatoms. The summed E-state index contributed by atoms with van der Waals surface area (Å²) < 4.78 is 11.1. The smallest absolute Gasteiger partial charge is 0.191 e. The molecule has 2 fully saturated rings. The van der Waals surface area contributed by atoms with Crippen LogP contribution in [0.4, 0.5) is 5.69 Å². The van der Waals surface area contributed by atoms with Crippen LogP contribution in [0, 0.1) is 0 Å². The zero-order valence-electron chi connectivity index (χ0n) is 14.7. The third kappa shape index (κ3) is 5.49. The van der Waals surface area contributed by atoms with Crippen LogP contribution < -0.4 is 15.5 Å². The van der Waals surface area contributed by atoms with Crippen molar-refractivity contribution in [3.63, 3.8) is 0 Å². The number of hydrogen-bond acceptors (Lipinski definition) is 4. The normalized spacial score (nSPS) is 24.4. The molecular formula is C18H27ClN4O2. The molecule has 2 aliphatic heterocycles. The van der Waals surface area contributed by atoms with E-state index in [9.17, 15) is 0 Å². The summed E-state index contributed by atoms with van der Waals surface area (Å²) in [6.07, 6.45) is 1.12. The molecule has 2 saturated heterocycles. The van der Waals surface area contributed by atoms with Gasteiger partial charge in [0.2, 0.25) is 0 Å². The van der Waals surface area contributed by atoms with Gasteiger partial charge in [-0.25, -0.2) is 0 Å². The van der Waals surface area contributed by atoms with Crippen LogP contribution >= 0.6 is 11.6 Å². The maximum atomic E-state index is 6.11. The molecular weight excluding hydrogens is 340 g/mol. The predicted octanol–water partition coefficient (Wildman–Crippen LogP) is 1.89. The Labute approximate surface area is 154 Å². The van der Waals surface area contributed by atoms with Gasteiger partial charge in [-0.3, -0.25) is 4.99 Å². The number of aliphatic imine (C=N–C) groups is 1. The lowest BCUT2D eigenvalue weighted by Crippen LogP contribution is -2.45. The maximum Gasteiger partial charge on any atom is 0.191 e. The minimum absolute atomic E-state index is 0.0516. The average molecular weight is 367 g/mol. The third-order valence-electron chi connectivity index (χ3n) is 4.38. The first-order valence-electron chi connectivity index (χ1n) is 8.99. The van der Waals surface area contributed by atoms with Crippen LogP contribution in [0.5, 0.6) is 0 Å². The average Bonchev–Trinajstić information content (AvgIpc) is 3.09. The number of ether oxygens (including phenoxy) is 2. The van der Waals surface area contributed by atoms with Gasteiger partial charge in [0.15, 0.2) is 5.96 Å². The van der Waals surface area contributed by atoms with Gasteiger partial charge in [0.05, 0.1) is 26.4 Å². The van der Waals surface area contributed by atoms with Crippen LogP contribution in [0.25, 0.3) is 0 Å². The SMILES string of the molecule is CCNC(=NCC1COCCO1)NC1CCN(c2cccc(Cl)c2)C1.